The maximum absolute atomic E-state index is 13.8. The molecule has 4 aromatic rings. The van der Waals surface area contributed by atoms with Gasteiger partial charge in [-0.25, -0.2) is 9.55 Å². The van der Waals surface area contributed by atoms with Crippen LogP contribution >= 0.6 is 7.75 Å². The highest BCUT2D eigenvalue weighted by Gasteiger charge is 2.37. The molecule has 1 saturated carbocycles. The van der Waals surface area contributed by atoms with Crippen LogP contribution in [0, 0.1) is 5.92 Å². The van der Waals surface area contributed by atoms with Gasteiger partial charge in [-0.05, 0) is 43.4 Å². The topological polar surface area (TPSA) is 153 Å². The molecule has 2 heterocycles. The number of rotatable bonds is 12. The molecule has 0 radical (unpaired) electrons. The van der Waals surface area contributed by atoms with Gasteiger partial charge in [0.1, 0.15) is 18.4 Å². The Kier molecular flexibility index (Phi) is 8.29. The van der Waals surface area contributed by atoms with Gasteiger partial charge in [0.05, 0.1) is 20.0 Å². The number of nitrogen functional groups attached to an aromatic ring is 1. The molecule has 0 saturated heterocycles. The van der Waals surface area contributed by atoms with Gasteiger partial charge >= 0.3 is 13.7 Å². The van der Waals surface area contributed by atoms with E-state index in [0.29, 0.717) is 22.8 Å². The minimum absolute atomic E-state index is 0.0957. The highest BCUT2D eigenvalue weighted by atomic mass is 31.2. The van der Waals surface area contributed by atoms with Crippen LogP contribution in [0.2, 0.25) is 0 Å². The average molecular weight is 567 g/mol. The zero-order valence-corrected chi connectivity index (χ0v) is 23.1. The zero-order chi connectivity index (χ0) is 28.1. The van der Waals surface area contributed by atoms with Gasteiger partial charge < -0.3 is 24.3 Å². The van der Waals surface area contributed by atoms with E-state index in [4.69, 9.17) is 24.3 Å². The van der Waals surface area contributed by atoms with Gasteiger partial charge in [0.25, 0.3) is 0 Å². The summed E-state index contributed by atoms with van der Waals surface area (Å²) in [6, 6.07) is 17.2. The maximum atomic E-state index is 13.8. The number of nitrogens with two attached hydrogens (primary N) is 1. The van der Waals surface area contributed by atoms with E-state index >= 15 is 0 Å². The van der Waals surface area contributed by atoms with Gasteiger partial charge in [-0.1, -0.05) is 48.5 Å². The van der Waals surface area contributed by atoms with E-state index in [0.717, 1.165) is 18.4 Å². The van der Waals surface area contributed by atoms with Gasteiger partial charge in [-0.15, -0.1) is 0 Å². The van der Waals surface area contributed by atoms with Gasteiger partial charge in [-0.3, -0.25) is 9.32 Å². The molecule has 1 fully saturated rings. The summed E-state index contributed by atoms with van der Waals surface area (Å²) in [4.78, 5) is 25.4. The second-order valence-corrected chi connectivity index (χ2v) is 11.2. The molecule has 2 atom stereocenters. The summed E-state index contributed by atoms with van der Waals surface area (Å²) in [6.07, 6.45) is 3.16. The summed E-state index contributed by atoms with van der Waals surface area (Å²) < 4.78 is 38.0. The standard InChI is InChI=1S/C27H31N6O6P/c1-18(26(34)37-15-19-9-5-3-6-10-19)32-40(35,39-22-11-7-4-8-12-22)38-16-20-13-21(14-20)33-17-29-23-24(33)30-27(28)31-25(23)36-2/h3-12,17-18,20-21H,13-16H2,1-2H3,(H,32,35)(H2,28,30,31)/t18-,20?,21?,40?/m0/s1. The van der Waals surface area contributed by atoms with Crippen LogP contribution in [-0.2, 0) is 25.2 Å². The van der Waals surface area contributed by atoms with Crippen LogP contribution in [0.4, 0.5) is 5.95 Å². The Bertz CT molecular complexity index is 1500. The first-order valence-electron chi connectivity index (χ1n) is 12.8. The maximum Gasteiger partial charge on any atom is 0.459 e. The first kappa shape index (κ1) is 27.6. The molecule has 12 nitrogen and oxygen atoms in total. The van der Waals surface area contributed by atoms with Crippen LogP contribution in [0.25, 0.3) is 11.2 Å². The highest BCUT2D eigenvalue weighted by Crippen LogP contribution is 2.48. The van der Waals surface area contributed by atoms with E-state index in [1.54, 1.807) is 37.5 Å². The minimum atomic E-state index is -3.94. The first-order chi connectivity index (χ1) is 19.3. The molecule has 0 aliphatic heterocycles. The second-order valence-electron chi connectivity index (χ2n) is 9.55. The van der Waals surface area contributed by atoms with Crippen molar-refractivity contribution in [1.82, 2.24) is 24.6 Å². The minimum Gasteiger partial charge on any atom is -0.479 e. The monoisotopic (exact) mass is 566 g/mol. The number of hydrogen-bond acceptors (Lipinski definition) is 10. The summed E-state index contributed by atoms with van der Waals surface area (Å²) in [5, 5.41) is 2.74. The summed E-state index contributed by atoms with van der Waals surface area (Å²) in [5.74, 6) is 0.301. The van der Waals surface area contributed by atoms with E-state index in [1.165, 1.54) is 7.11 Å². The molecule has 3 N–H and O–H groups in total. The quantitative estimate of drug-likeness (QED) is 0.186. The Hall–Kier alpha value is -3.99. The molecular formula is C27H31N6O6P. The van der Waals surface area contributed by atoms with Gasteiger partial charge in [0.2, 0.25) is 11.8 Å². The summed E-state index contributed by atoms with van der Waals surface area (Å²) in [5.41, 5.74) is 7.81. The lowest BCUT2D eigenvalue weighted by atomic mass is 9.81. The number of nitrogens with one attached hydrogen (secondary N) is 1. The summed E-state index contributed by atoms with van der Waals surface area (Å²) >= 11 is 0. The lowest BCUT2D eigenvalue weighted by Gasteiger charge is -2.36. The van der Waals surface area contributed by atoms with Crippen LogP contribution < -0.4 is 20.1 Å². The number of para-hydroxylation sites is 1. The van der Waals surface area contributed by atoms with Crippen molar-refractivity contribution in [3.63, 3.8) is 0 Å². The Morgan fingerprint density at radius 1 is 1.12 bits per heavy atom. The van der Waals surface area contributed by atoms with Gasteiger partial charge in [0, 0.05) is 6.04 Å². The van der Waals surface area contributed by atoms with Crippen molar-refractivity contribution in [3.05, 3.63) is 72.6 Å². The molecule has 1 aliphatic carbocycles. The highest BCUT2D eigenvalue weighted by molar-refractivity contribution is 7.52. The van der Waals surface area contributed by atoms with Crippen molar-refractivity contribution in [3.8, 4) is 11.6 Å². The SMILES string of the molecule is COc1nc(N)nc2c1ncn2C1CC(COP(=O)(N[C@@H](C)C(=O)OCc2ccccc2)Oc2ccccc2)C1. The first-order valence-corrected chi connectivity index (χ1v) is 14.4. The number of methoxy groups -OCH3 is 1. The van der Waals surface area contributed by atoms with E-state index in [9.17, 15) is 9.36 Å². The number of imidazole rings is 1. The molecule has 1 unspecified atom stereocenters. The Labute approximate surface area is 231 Å². The van der Waals surface area contributed by atoms with Crippen molar-refractivity contribution in [2.45, 2.75) is 38.5 Å². The molecule has 5 rings (SSSR count). The fourth-order valence-corrected chi connectivity index (χ4v) is 6.00. The predicted molar refractivity (Wildman–Crippen MR) is 148 cm³/mol. The zero-order valence-electron chi connectivity index (χ0n) is 22.2. The van der Waals surface area contributed by atoms with Gasteiger partial charge in [0.15, 0.2) is 11.2 Å². The molecule has 0 spiro atoms. The number of anilines is 1. The third-order valence-electron chi connectivity index (χ3n) is 6.58. The lowest BCUT2D eigenvalue weighted by Crippen LogP contribution is -2.36. The average Bonchev–Trinajstić information content (AvgIpc) is 3.34. The second kappa shape index (κ2) is 12.0. The van der Waals surface area contributed by atoms with Crippen LogP contribution in [0.15, 0.2) is 67.0 Å². The Balaban J connectivity index is 1.21. The Morgan fingerprint density at radius 3 is 2.52 bits per heavy atom. The number of hydrogen-bond donors (Lipinski definition) is 2. The van der Waals surface area contributed by atoms with Crippen molar-refractivity contribution in [2.75, 3.05) is 19.5 Å². The largest absolute Gasteiger partial charge is 0.479 e. The predicted octanol–water partition coefficient (Wildman–Crippen LogP) is 4.29. The number of carbonyl (C=O) groups excluding carboxylic acids is 1. The van der Waals surface area contributed by atoms with Crippen molar-refractivity contribution in [1.29, 1.82) is 0 Å². The third-order valence-corrected chi connectivity index (χ3v) is 8.23. The molecule has 210 valence electrons. The van der Waals surface area contributed by atoms with Crippen molar-refractivity contribution in [2.24, 2.45) is 5.92 Å². The molecule has 0 bridgehead atoms. The fraction of sp³-hybridized carbons (Fsp3) is 0.333. The molecule has 2 aromatic carbocycles. The molecule has 1 aliphatic rings. The van der Waals surface area contributed by atoms with E-state index in [2.05, 4.69) is 20.0 Å². The van der Waals surface area contributed by atoms with Crippen LogP contribution in [0.3, 0.4) is 0 Å². The lowest BCUT2D eigenvalue weighted by molar-refractivity contribution is -0.146. The number of aromatic nitrogens is 4. The molecule has 13 heteroatoms. The Morgan fingerprint density at radius 2 is 1.82 bits per heavy atom. The van der Waals surface area contributed by atoms with Crippen LogP contribution in [-0.4, -0.2) is 45.2 Å². The molecular weight excluding hydrogens is 535 g/mol. The van der Waals surface area contributed by atoms with E-state index in [1.807, 2.05) is 41.0 Å². The van der Waals surface area contributed by atoms with Crippen molar-refractivity contribution >= 4 is 30.8 Å². The smallest absolute Gasteiger partial charge is 0.459 e. The van der Waals surface area contributed by atoms with E-state index < -0.39 is 19.8 Å². The fourth-order valence-electron chi connectivity index (χ4n) is 4.44. The summed E-state index contributed by atoms with van der Waals surface area (Å²) in [7, 11) is -2.44. The third kappa shape index (κ3) is 6.41. The number of fused-ring (bicyclic) bond motifs is 1. The van der Waals surface area contributed by atoms with Crippen LogP contribution in [0.5, 0.6) is 11.6 Å². The molecule has 2 aromatic heterocycles. The number of ether oxygens (including phenoxy) is 2. The number of nitrogens with zero attached hydrogens (tertiary/aromatic N) is 4. The normalized spacial score (nSPS) is 18.9. The number of benzene rings is 2. The van der Waals surface area contributed by atoms with Crippen molar-refractivity contribution < 1.29 is 27.9 Å². The van der Waals surface area contributed by atoms with Crippen LogP contribution in [0.1, 0.15) is 31.4 Å². The van der Waals surface area contributed by atoms with E-state index in [-0.39, 0.29) is 31.1 Å². The van der Waals surface area contributed by atoms with Gasteiger partial charge in [-0.2, -0.15) is 15.1 Å². The number of carbonyl (C=O) groups is 1. The molecule has 40 heavy (non-hydrogen) atoms. The number of esters is 1. The summed E-state index contributed by atoms with van der Waals surface area (Å²) in [6.45, 7) is 1.82. The molecule has 0 amide bonds.